The first-order valence-corrected chi connectivity index (χ1v) is 8.26. The molecule has 0 N–H and O–H groups in total. The SMILES string of the molecule is Cc1ccc(-c2nnc(Sc3snc(Cl)c3C#N)n2C)cc1. The summed E-state index contributed by atoms with van der Waals surface area (Å²) in [6.07, 6.45) is 0. The van der Waals surface area contributed by atoms with Crippen LogP contribution < -0.4 is 0 Å². The lowest BCUT2D eigenvalue weighted by Gasteiger charge is -2.03. The maximum absolute atomic E-state index is 9.12. The fourth-order valence-corrected chi connectivity index (χ4v) is 3.90. The van der Waals surface area contributed by atoms with E-state index in [1.165, 1.54) is 28.9 Å². The van der Waals surface area contributed by atoms with Crippen molar-refractivity contribution < 1.29 is 0 Å². The Bertz CT molecular complexity index is 860. The molecule has 0 unspecified atom stereocenters. The van der Waals surface area contributed by atoms with Crippen molar-refractivity contribution in [1.82, 2.24) is 19.1 Å². The van der Waals surface area contributed by atoms with E-state index in [4.69, 9.17) is 16.9 Å². The second-order valence-corrected chi connectivity index (χ2v) is 6.95. The molecule has 1 aromatic carbocycles. The van der Waals surface area contributed by atoms with E-state index in [0.29, 0.717) is 10.7 Å². The van der Waals surface area contributed by atoms with E-state index in [9.17, 15) is 0 Å². The molecule has 0 fully saturated rings. The number of nitrogens with zero attached hydrogens (tertiary/aromatic N) is 5. The molecule has 3 aromatic rings. The maximum Gasteiger partial charge on any atom is 0.196 e. The van der Waals surface area contributed by atoms with Crippen molar-refractivity contribution in [1.29, 1.82) is 5.26 Å². The number of halogens is 1. The number of nitriles is 1. The van der Waals surface area contributed by atoms with Crippen molar-refractivity contribution in [2.24, 2.45) is 7.05 Å². The zero-order valence-corrected chi connectivity index (χ0v) is 14.1. The van der Waals surface area contributed by atoms with Crippen molar-refractivity contribution >= 4 is 34.9 Å². The highest BCUT2D eigenvalue weighted by Gasteiger charge is 2.17. The Kier molecular flexibility index (Phi) is 4.16. The second kappa shape index (κ2) is 6.08. The molecule has 22 heavy (non-hydrogen) atoms. The Balaban J connectivity index is 1.94. The third-order valence-electron chi connectivity index (χ3n) is 3.06. The first-order chi connectivity index (χ1) is 10.6. The van der Waals surface area contributed by atoms with Gasteiger partial charge in [-0.05, 0) is 30.2 Å². The number of rotatable bonds is 3. The molecule has 0 bridgehead atoms. The monoisotopic (exact) mass is 347 g/mol. The van der Waals surface area contributed by atoms with Gasteiger partial charge >= 0.3 is 0 Å². The van der Waals surface area contributed by atoms with Crippen LogP contribution >= 0.6 is 34.9 Å². The van der Waals surface area contributed by atoms with E-state index in [0.717, 1.165) is 15.6 Å². The predicted octanol–water partition coefficient (Wildman–Crippen LogP) is 3.92. The third kappa shape index (κ3) is 2.73. The smallest absolute Gasteiger partial charge is 0.196 e. The average molecular weight is 348 g/mol. The minimum atomic E-state index is 0.232. The van der Waals surface area contributed by atoms with Gasteiger partial charge in [0.1, 0.15) is 15.8 Å². The standard InChI is InChI=1S/C14H10ClN5S2/c1-8-3-5-9(6-4-8)12-17-18-14(20(12)2)21-13-10(7-16)11(15)19-22-13/h3-6H,1-2H3. The van der Waals surface area contributed by atoms with E-state index in [1.807, 2.05) is 42.8 Å². The summed E-state index contributed by atoms with van der Waals surface area (Å²) in [7, 11) is 1.90. The van der Waals surface area contributed by atoms with Gasteiger partial charge in [0, 0.05) is 12.6 Å². The molecular formula is C14H10ClN5S2. The third-order valence-corrected chi connectivity index (χ3v) is 5.48. The molecule has 0 aliphatic heterocycles. The number of benzene rings is 1. The second-order valence-electron chi connectivity index (χ2n) is 4.58. The molecule has 8 heteroatoms. The van der Waals surface area contributed by atoms with E-state index in [2.05, 4.69) is 20.6 Å². The lowest BCUT2D eigenvalue weighted by Crippen LogP contribution is -1.94. The molecule has 2 aromatic heterocycles. The van der Waals surface area contributed by atoms with Crippen molar-refractivity contribution in [2.45, 2.75) is 16.3 Å². The molecule has 110 valence electrons. The van der Waals surface area contributed by atoms with Gasteiger partial charge in [0.05, 0.1) is 0 Å². The number of hydrogen-bond acceptors (Lipinski definition) is 6. The molecule has 0 radical (unpaired) electrons. The molecular weight excluding hydrogens is 338 g/mol. The predicted molar refractivity (Wildman–Crippen MR) is 87.1 cm³/mol. The zero-order chi connectivity index (χ0) is 15.7. The van der Waals surface area contributed by atoms with Gasteiger partial charge in [-0.2, -0.15) is 9.64 Å². The summed E-state index contributed by atoms with van der Waals surface area (Å²) in [6.45, 7) is 2.04. The van der Waals surface area contributed by atoms with Crippen LogP contribution in [-0.2, 0) is 7.05 Å². The zero-order valence-electron chi connectivity index (χ0n) is 11.7. The molecule has 2 heterocycles. The Morgan fingerprint density at radius 1 is 1.27 bits per heavy atom. The Labute approximate surface area is 140 Å². The maximum atomic E-state index is 9.12. The van der Waals surface area contributed by atoms with Crippen LogP contribution in [0.2, 0.25) is 5.15 Å². The molecule has 0 saturated carbocycles. The summed E-state index contributed by atoms with van der Waals surface area (Å²) in [5.41, 5.74) is 2.57. The molecule has 0 aliphatic carbocycles. The molecule has 0 aliphatic rings. The van der Waals surface area contributed by atoms with Gasteiger partial charge in [-0.3, -0.25) is 0 Å². The van der Waals surface area contributed by atoms with Crippen LogP contribution in [0, 0.1) is 18.3 Å². The first-order valence-electron chi connectivity index (χ1n) is 6.29. The van der Waals surface area contributed by atoms with E-state index in [-0.39, 0.29) is 5.15 Å². The van der Waals surface area contributed by atoms with Crippen molar-refractivity contribution in [3.05, 3.63) is 40.5 Å². The molecule has 0 amide bonds. The molecule has 3 rings (SSSR count). The van der Waals surface area contributed by atoms with Gasteiger partial charge < -0.3 is 4.57 Å². The minimum absolute atomic E-state index is 0.232. The highest BCUT2D eigenvalue weighted by Crippen LogP contribution is 2.36. The highest BCUT2D eigenvalue weighted by atomic mass is 35.5. The summed E-state index contributed by atoms with van der Waals surface area (Å²) in [6, 6.07) is 10.2. The summed E-state index contributed by atoms with van der Waals surface area (Å²) in [5, 5.41) is 18.5. The van der Waals surface area contributed by atoms with Gasteiger partial charge in [-0.25, -0.2) is 0 Å². The molecule has 0 spiro atoms. The van der Waals surface area contributed by atoms with Crippen molar-refractivity contribution in [3.8, 4) is 17.5 Å². The van der Waals surface area contributed by atoms with Crippen LogP contribution in [-0.4, -0.2) is 19.1 Å². The van der Waals surface area contributed by atoms with Crippen LogP contribution in [0.15, 0.2) is 33.6 Å². The summed E-state index contributed by atoms with van der Waals surface area (Å²) < 4.78 is 6.61. The van der Waals surface area contributed by atoms with Crippen LogP contribution in [0.25, 0.3) is 11.4 Å². The topological polar surface area (TPSA) is 67.4 Å². The molecule has 0 saturated heterocycles. The van der Waals surface area contributed by atoms with Gasteiger partial charge in [-0.1, -0.05) is 41.4 Å². The fourth-order valence-electron chi connectivity index (χ4n) is 1.86. The van der Waals surface area contributed by atoms with Crippen LogP contribution in [0.3, 0.4) is 0 Å². The number of hydrogen-bond donors (Lipinski definition) is 0. The fraction of sp³-hybridized carbons (Fsp3) is 0.143. The van der Waals surface area contributed by atoms with E-state index in [1.54, 1.807) is 0 Å². The average Bonchev–Trinajstić information content (AvgIpc) is 3.04. The number of aromatic nitrogens is 4. The molecule has 5 nitrogen and oxygen atoms in total. The van der Waals surface area contributed by atoms with Gasteiger partial charge in [0.25, 0.3) is 0 Å². The summed E-state index contributed by atoms with van der Waals surface area (Å²) in [5.74, 6) is 0.775. The van der Waals surface area contributed by atoms with E-state index >= 15 is 0 Å². The summed E-state index contributed by atoms with van der Waals surface area (Å²) >= 11 is 8.42. The van der Waals surface area contributed by atoms with Crippen LogP contribution in [0.4, 0.5) is 0 Å². The minimum Gasteiger partial charge on any atom is -0.305 e. The lowest BCUT2D eigenvalue weighted by molar-refractivity contribution is 0.794. The first kappa shape index (κ1) is 15.0. The van der Waals surface area contributed by atoms with Gasteiger partial charge in [0.2, 0.25) is 0 Å². The summed E-state index contributed by atoms with van der Waals surface area (Å²) in [4.78, 5) is 0. The Morgan fingerprint density at radius 3 is 2.68 bits per heavy atom. The Morgan fingerprint density at radius 2 is 2.00 bits per heavy atom. The van der Waals surface area contributed by atoms with E-state index < -0.39 is 0 Å². The normalized spacial score (nSPS) is 10.6. The molecule has 0 atom stereocenters. The van der Waals surface area contributed by atoms with Gasteiger partial charge in [-0.15, -0.1) is 10.2 Å². The quantitative estimate of drug-likeness (QED) is 0.718. The van der Waals surface area contributed by atoms with Crippen molar-refractivity contribution in [2.75, 3.05) is 0 Å². The van der Waals surface area contributed by atoms with Gasteiger partial charge in [0.15, 0.2) is 16.1 Å². The largest absolute Gasteiger partial charge is 0.305 e. The lowest BCUT2D eigenvalue weighted by atomic mass is 10.1. The van der Waals surface area contributed by atoms with Crippen LogP contribution in [0.1, 0.15) is 11.1 Å². The highest BCUT2D eigenvalue weighted by molar-refractivity contribution is 8.01. The van der Waals surface area contributed by atoms with Crippen molar-refractivity contribution in [3.63, 3.8) is 0 Å². The Hall–Kier alpha value is -1.88. The number of aryl methyl sites for hydroxylation is 1. The van der Waals surface area contributed by atoms with Crippen LogP contribution in [0.5, 0.6) is 0 Å².